The van der Waals surface area contributed by atoms with Crippen LogP contribution in [0.5, 0.6) is 0 Å². The number of hydrogen-bond donors (Lipinski definition) is 0. The first-order valence-corrected chi connectivity index (χ1v) is 24.7. The van der Waals surface area contributed by atoms with Gasteiger partial charge in [0.2, 0.25) is 0 Å². The predicted molar refractivity (Wildman–Crippen MR) is 166 cm³/mol. The number of fused-ring (bicyclic) bond motifs is 2. The van der Waals surface area contributed by atoms with Crippen molar-refractivity contribution in [1.82, 2.24) is 0 Å². The molecular weight excluding hydrogens is 552 g/mol. The summed E-state index contributed by atoms with van der Waals surface area (Å²) in [5, 5.41) is 0. The van der Waals surface area contributed by atoms with Crippen molar-refractivity contribution in [3.05, 3.63) is 133 Å². The van der Waals surface area contributed by atoms with Crippen molar-refractivity contribution in [2.24, 2.45) is 23.7 Å². The molecule has 6 unspecified atom stereocenters. The Morgan fingerprint density at radius 1 is 0.579 bits per heavy atom. The van der Waals surface area contributed by atoms with Crippen molar-refractivity contribution in [2.45, 2.75) is 46.0 Å². The van der Waals surface area contributed by atoms with E-state index in [2.05, 4.69) is 110 Å². The van der Waals surface area contributed by atoms with Gasteiger partial charge >= 0.3 is 145 Å². The molecule has 38 heavy (non-hydrogen) atoms. The molecule has 4 aliphatic carbocycles. The standard InChI is InChI=1S/C16H14.2C9H11.C2H7Si.Zr/c1-3-9-15(10-4-1)13-7-8-14-16-11-5-2-6-12-16;2*1-2-5-9-7-3-6-8(9)4-1;1-3-2;/h1-14H;2*1-2,4-6,8-9H,3,7H2;3H,1-2H3;. The maximum absolute atomic E-state index is 2.71. The molecule has 2 aromatic rings. The van der Waals surface area contributed by atoms with Gasteiger partial charge in [-0.25, -0.2) is 0 Å². The van der Waals surface area contributed by atoms with E-state index in [1.54, 1.807) is 12.8 Å². The first-order valence-electron chi connectivity index (χ1n) is 14.7. The van der Waals surface area contributed by atoms with Crippen LogP contribution in [0.4, 0.5) is 0 Å². The van der Waals surface area contributed by atoms with Gasteiger partial charge < -0.3 is 0 Å². The number of allylic oxidation sites excluding steroid dienone is 10. The van der Waals surface area contributed by atoms with E-state index in [1.165, 1.54) is 31.2 Å². The van der Waals surface area contributed by atoms with Crippen LogP contribution in [-0.4, -0.2) is 5.92 Å². The van der Waals surface area contributed by atoms with Gasteiger partial charge in [-0.2, -0.15) is 0 Å². The van der Waals surface area contributed by atoms with Gasteiger partial charge in [0.05, 0.1) is 0 Å². The van der Waals surface area contributed by atoms with E-state index in [0.29, 0.717) is 0 Å². The molecule has 4 aliphatic rings. The van der Waals surface area contributed by atoms with E-state index >= 15 is 0 Å². The van der Waals surface area contributed by atoms with Gasteiger partial charge in [-0.15, -0.1) is 0 Å². The predicted octanol–water partition coefficient (Wildman–Crippen LogP) is 9.88. The van der Waals surface area contributed by atoms with Gasteiger partial charge in [0.25, 0.3) is 0 Å². The van der Waals surface area contributed by atoms with Crippen LogP contribution in [0.3, 0.4) is 0 Å². The molecular formula is C36H43SiZr. The molecule has 0 radical (unpaired) electrons. The zero-order chi connectivity index (χ0) is 26.2. The van der Waals surface area contributed by atoms with Gasteiger partial charge in [-0.05, 0) is 11.1 Å². The van der Waals surface area contributed by atoms with Gasteiger partial charge in [-0.3, -0.25) is 0 Å². The molecule has 6 rings (SSSR count). The van der Waals surface area contributed by atoms with Crippen LogP contribution in [0.25, 0.3) is 12.2 Å². The van der Waals surface area contributed by atoms with Crippen LogP contribution < -0.4 is 0 Å². The second-order valence-electron chi connectivity index (χ2n) is 11.6. The van der Waals surface area contributed by atoms with Gasteiger partial charge in [0.1, 0.15) is 0 Å². The number of hydrogen-bond acceptors (Lipinski definition) is 0. The van der Waals surface area contributed by atoms with E-state index in [-0.39, 0.29) is 0 Å². The topological polar surface area (TPSA) is 0 Å². The first-order chi connectivity index (χ1) is 18.7. The molecule has 0 N–H and O–H groups in total. The Kier molecular flexibility index (Phi) is 10.0. The zero-order valence-corrected chi connectivity index (χ0v) is 26.7. The van der Waals surface area contributed by atoms with Crippen molar-refractivity contribution in [2.75, 3.05) is 0 Å². The molecule has 0 aromatic heterocycles. The Balaban J connectivity index is 0.000000163. The van der Waals surface area contributed by atoms with E-state index < -0.39 is 26.8 Å². The third-order valence-electron chi connectivity index (χ3n) is 8.96. The SMILES string of the molecule is C(C=Cc1ccccc1)=Cc1ccccc1.C[SiH](C)[Zr]([CH]1CCC2C=CC=CC21)[CH]1CCC2C=CC=CC21. The summed E-state index contributed by atoms with van der Waals surface area (Å²) in [6.45, 7) is 5.42. The molecule has 2 saturated carbocycles. The fourth-order valence-corrected chi connectivity index (χ4v) is 34.0. The van der Waals surface area contributed by atoms with E-state index in [0.717, 1.165) is 23.7 Å². The minimum atomic E-state index is -1.33. The van der Waals surface area contributed by atoms with E-state index in [1.807, 2.05) is 36.4 Å². The summed E-state index contributed by atoms with van der Waals surface area (Å²) < 4.78 is 2.34. The Labute approximate surface area is 239 Å². The van der Waals surface area contributed by atoms with Crippen LogP contribution in [0.2, 0.25) is 20.3 Å². The fourth-order valence-electron chi connectivity index (χ4n) is 7.28. The third-order valence-corrected chi connectivity index (χ3v) is 32.7. The molecule has 2 aromatic carbocycles. The summed E-state index contributed by atoms with van der Waals surface area (Å²) in [7, 11) is 0. The van der Waals surface area contributed by atoms with Gasteiger partial charge in [0.15, 0.2) is 0 Å². The monoisotopic (exact) mass is 593 g/mol. The van der Waals surface area contributed by atoms with Crippen LogP contribution in [0.15, 0.2) is 121 Å². The third kappa shape index (κ3) is 6.94. The molecule has 6 atom stereocenters. The maximum atomic E-state index is 2.71. The average molecular weight is 595 g/mol. The van der Waals surface area contributed by atoms with E-state index in [9.17, 15) is 0 Å². The summed E-state index contributed by atoms with van der Waals surface area (Å²) in [5.41, 5.74) is 2.44. The minimum absolute atomic E-state index is 0.444. The molecule has 0 amide bonds. The summed E-state index contributed by atoms with van der Waals surface area (Å²) >= 11 is -1.33. The van der Waals surface area contributed by atoms with Crippen molar-refractivity contribution >= 4 is 18.1 Å². The summed E-state index contributed by atoms with van der Waals surface area (Å²) in [4.78, 5) is 0. The Hall–Kier alpha value is -2.02. The Morgan fingerprint density at radius 3 is 1.42 bits per heavy atom. The molecule has 0 nitrogen and oxygen atoms in total. The number of benzene rings is 2. The molecule has 0 spiro atoms. The molecule has 2 heteroatoms. The van der Waals surface area contributed by atoms with Crippen molar-refractivity contribution in [3.8, 4) is 0 Å². The van der Waals surface area contributed by atoms with Crippen LogP contribution in [-0.2, 0) is 20.9 Å². The Bertz CT molecular complexity index is 1090. The zero-order valence-electron chi connectivity index (χ0n) is 23.1. The van der Waals surface area contributed by atoms with Crippen molar-refractivity contribution in [3.63, 3.8) is 0 Å². The molecule has 2 fully saturated rings. The second kappa shape index (κ2) is 13.9. The molecule has 0 bridgehead atoms. The number of rotatable bonds is 6. The summed E-state index contributed by atoms with van der Waals surface area (Å²) in [5.74, 6) is 3.24. The van der Waals surface area contributed by atoms with Crippen molar-refractivity contribution in [1.29, 1.82) is 0 Å². The quantitative estimate of drug-likeness (QED) is 0.231. The van der Waals surface area contributed by atoms with E-state index in [4.69, 9.17) is 0 Å². The fraction of sp³-hybridized carbons (Fsp3) is 0.333. The molecule has 195 valence electrons. The average Bonchev–Trinajstić information content (AvgIpc) is 3.58. The molecule has 0 saturated heterocycles. The Morgan fingerprint density at radius 2 is 1.00 bits per heavy atom. The van der Waals surface area contributed by atoms with Crippen LogP contribution in [0.1, 0.15) is 36.8 Å². The van der Waals surface area contributed by atoms with Gasteiger partial charge in [0, 0.05) is 0 Å². The molecule has 0 aliphatic heterocycles. The first kappa shape index (κ1) is 27.5. The van der Waals surface area contributed by atoms with Crippen LogP contribution >= 0.6 is 0 Å². The normalized spacial score (nSPS) is 29.0. The molecule has 0 heterocycles. The summed E-state index contributed by atoms with van der Waals surface area (Å²) in [6, 6.07) is 20.6. The summed E-state index contributed by atoms with van der Waals surface area (Å²) in [6.07, 6.45) is 34.0. The second-order valence-corrected chi connectivity index (χ2v) is 32.5. The van der Waals surface area contributed by atoms with Crippen molar-refractivity contribution < 1.29 is 20.9 Å². The van der Waals surface area contributed by atoms with Crippen LogP contribution in [0, 0.1) is 23.7 Å². The van der Waals surface area contributed by atoms with Gasteiger partial charge in [-0.1, -0.05) is 85.0 Å².